The van der Waals surface area contributed by atoms with Crippen molar-refractivity contribution in [2.24, 2.45) is 0 Å². The molecule has 124 heavy (non-hydrogen) atoms. The van der Waals surface area contributed by atoms with E-state index < -0.39 is 35.2 Å². The van der Waals surface area contributed by atoms with Gasteiger partial charge in [-0.25, -0.2) is 14.4 Å². The molecule has 9 rings (SSSR count). The van der Waals surface area contributed by atoms with Crippen LogP contribution < -0.4 is 29.6 Å². The van der Waals surface area contributed by atoms with Gasteiger partial charge in [0.2, 0.25) is 0 Å². The molecule has 1 saturated carbocycles. The van der Waals surface area contributed by atoms with E-state index in [1.54, 1.807) is 112 Å². The molecule has 0 aromatic heterocycles. The number of likely N-dealkylation sites (N-methyl/N-ethyl adjacent to an activating group) is 7. The summed E-state index contributed by atoms with van der Waals surface area (Å²) in [6, 6.07) is 0. The number of likely N-dealkylation sites (tertiary alicyclic amines) is 7. The van der Waals surface area contributed by atoms with Gasteiger partial charge in [0.05, 0.1) is 112 Å². The number of ether oxygens (including phenoxy) is 13. The minimum Gasteiger partial charge on any atom is -1.00 e. The van der Waals surface area contributed by atoms with Gasteiger partial charge in [-0.15, -0.1) is 0 Å². The van der Waals surface area contributed by atoms with E-state index in [1.165, 1.54) is 4.90 Å². The van der Waals surface area contributed by atoms with Crippen molar-refractivity contribution >= 4 is 44.2 Å². The Morgan fingerprint density at radius 1 is 0.379 bits per heavy atom. The number of Topliss-reactive ketones (excluding diaryl/α,β-unsaturated/α-hetero) is 3. The maximum atomic E-state index is 11.9. The number of aliphatic hydroxyl groups excluding tert-OH is 6. The minimum atomic E-state index is -1.06. The van der Waals surface area contributed by atoms with Crippen molar-refractivity contribution < 1.29 is 152 Å². The first-order valence-corrected chi connectivity index (χ1v) is 43.6. The third-order valence-corrected chi connectivity index (χ3v) is 20.4. The van der Waals surface area contributed by atoms with Crippen LogP contribution in [0.4, 0.5) is 14.4 Å². The molecule has 0 spiro atoms. The quantitative estimate of drug-likeness (QED) is 0.0441. The summed E-state index contributed by atoms with van der Waals surface area (Å²) in [6.45, 7) is 30.3. The second kappa shape index (κ2) is 74.5. The molecule has 1 amide bonds. The molecular formula is C89H179BN8NaO25. The van der Waals surface area contributed by atoms with Gasteiger partial charge in [-0.3, -0.25) is 24.2 Å². The number of hydrogen-bond acceptors (Lipinski definition) is 32. The van der Waals surface area contributed by atoms with E-state index in [4.69, 9.17) is 61.9 Å². The second-order valence-electron chi connectivity index (χ2n) is 35.9. The van der Waals surface area contributed by atoms with Gasteiger partial charge < -0.3 is 123 Å². The third kappa shape index (κ3) is 72.6. The van der Waals surface area contributed by atoms with Crippen molar-refractivity contribution in [2.75, 3.05) is 225 Å². The summed E-state index contributed by atoms with van der Waals surface area (Å²) in [4.78, 5) is 83.5. The Hall–Kier alpha value is -3.06. The van der Waals surface area contributed by atoms with E-state index in [0.717, 1.165) is 175 Å². The first kappa shape index (κ1) is 129. The molecule has 14 unspecified atom stereocenters. The SMILES string of the molecule is C.CC(C)(C)OC(=O)OC(=O)OC(C)(C)C.CCO.COC1CC(=O)CCN(C)C1.COC1CC(O)CCN(C)C1.COC1CC=CCN(C)C1.COC1CCC(=O)CN(C)C1.COC1CCC(=O)CN(C)C1.COC1CCC(O)CN(C(=O)OC(C)(C)C)C1.COC1CCC(O)CN(C)C1.COC1CCC(O)CN(C)C1.COC1CCCC(O)CC1.[B].[H-].[Na+]. The van der Waals surface area contributed by atoms with E-state index in [2.05, 4.69) is 55.5 Å². The molecule has 33 nitrogen and oxygen atoms in total. The Bertz CT molecular complexity index is 2610. The van der Waals surface area contributed by atoms with Crippen molar-refractivity contribution in [1.82, 2.24) is 39.2 Å². The van der Waals surface area contributed by atoms with Gasteiger partial charge in [0.1, 0.15) is 34.2 Å². The summed E-state index contributed by atoms with van der Waals surface area (Å²) in [6.07, 6.45) is 20.2. The monoisotopic (exact) mass is 1790 g/mol. The number of rotatable bonds is 9. The van der Waals surface area contributed by atoms with Crippen molar-refractivity contribution in [1.29, 1.82) is 0 Å². The van der Waals surface area contributed by atoms with E-state index in [0.29, 0.717) is 100 Å². The molecule has 3 radical (unpaired) electrons. The number of carbonyl (C=O) groups excluding carboxylic acids is 6. The summed E-state index contributed by atoms with van der Waals surface area (Å²) in [5.41, 5.74) is -1.91. The average Bonchev–Trinajstić information content (AvgIpc) is 1.80. The average molecular weight is 1800 g/mol. The molecule has 9 aliphatic rings. The normalized spacial score (nSPS) is 27.3. The summed E-state index contributed by atoms with van der Waals surface area (Å²) < 4.78 is 66.0. The molecule has 729 valence electrons. The van der Waals surface area contributed by atoms with Crippen LogP contribution >= 0.6 is 0 Å². The Labute approximate surface area is 775 Å². The zero-order chi connectivity index (χ0) is 92.4. The predicted molar refractivity (Wildman–Crippen MR) is 484 cm³/mol. The fourth-order valence-electron chi connectivity index (χ4n) is 13.7. The van der Waals surface area contributed by atoms with E-state index >= 15 is 0 Å². The largest absolute Gasteiger partial charge is 1.00 e. The maximum Gasteiger partial charge on any atom is 1.00 e. The summed E-state index contributed by atoms with van der Waals surface area (Å²) in [5.74, 6) is 0.973. The van der Waals surface area contributed by atoms with Gasteiger partial charge in [-0.1, -0.05) is 19.6 Å². The van der Waals surface area contributed by atoms with E-state index in [1.807, 2.05) is 65.8 Å². The fraction of sp³-hybridized carbons (Fsp3) is 0.910. The van der Waals surface area contributed by atoms with Gasteiger partial charge >= 0.3 is 48.0 Å². The standard InChI is InChI=1S/C12H23NO4.C10H18O5.C8H17NO2.C8H15NO2.2C8H17NO2.2C8H15NO2.C8H15NO.C8H16O2.C2H6O.CH4.B.Na.H/c1-12(2,3)17-11(15)13-7-9(14)5-6-10(8-13)16-4;1-9(2,3)14-7(11)13-8(12)15-10(4,5)6;2*1-9-4-3-7(10)5-8(6-9)11-2;4*1-9-5-7(10)3-4-8(6-9)11-2;1-9-6-4-3-5-8(7-9)10-2;1-10-8-4-2-3-7(9)5-6-8;1-2-3;;;;/h9-10,14H,5-8H2,1-4H3;1-6H3;7-8,10H,3-6H2,1-2H3;8H,3-6H2,1-2H3;2*7-8,10H,3-6H2,1-2H3;2*8H,3-6H2,1-2H3;3-4,8H,5-7H2,1-2H3;7-9H,2-6H2,1H3;3H,2H2,1H3;1H4;;;/q;;;;;;;;;;;;;+1;-1. The molecule has 8 fully saturated rings. The first-order valence-electron chi connectivity index (χ1n) is 43.6. The number of nitrogens with zero attached hydrogens (tertiary/aromatic N) is 8. The second-order valence-corrected chi connectivity index (χ2v) is 35.9. The van der Waals surface area contributed by atoms with Crippen LogP contribution in [0.1, 0.15) is 207 Å². The number of ketones is 3. The number of amides is 1. The molecule has 8 heterocycles. The molecule has 0 bridgehead atoms. The molecule has 1 aliphatic carbocycles. The van der Waals surface area contributed by atoms with E-state index in [-0.39, 0.29) is 114 Å². The molecule has 0 aromatic carbocycles. The first-order chi connectivity index (χ1) is 56.7. The smallest absolute Gasteiger partial charge is 1.00 e. The van der Waals surface area contributed by atoms with Gasteiger partial charge in [0, 0.05) is 190 Å². The number of hydrogen-bond donors (Lipinski definition) is 6. The van der Waals surface area contributed by atoms with Gasteiger partial charge in [0.15, 0.2) is 0 Å². The molecule has 0 aromatic rings. The number of carbonyl (C=O) groups is 6. The number of β-amino-alcohol motifs (C(OH)–C–C–N with tert-alkyl or cyclic N) is 3. The van der Waals surface area contributed by atoms with Crippen LogP contribution in [-0.4, -0.2) is 441 Å². The van der Waals surface area contributed by atoms with Crippen LogP contribution in [-0.2, 0) is 76.0 Å². The zero-order valence-corrected chi connectivity index (χ0v) is 83.5. The molecule has 14 atom stereocenters. The van der Waals surface area contributed by atoms with Crippen molar-refractivity contribution in [3.63, 3.8) is 0 Å². The Kier molecular flexibility index (Phi) is 77.7. The Morgan fingerprint density at radius 2 is 0.734 bits per heavy atom. The van der Waals surface area contributed by atoms with Crippen LogP contribution in [0, 0.1) is 0 Å². The third-order valence-electron chi connectivity index (χ3n) is 20.4. The van der Waals surface area contributed by atoms with Gasteiger partial charge in [-0.05, 0) is 215 Å². The molecule has 35 heteroatoms. The van der Waals surface area contributed by atoms with Crippen molar-refractivity contribution in [2.45, 2.75) is 307 Å². The maximum absolute atomic E-state index is 11.9. The van der Waals surface area contributed by atoms with Gasteiger partial charge in [0.25, 0.3) is 0 Å². The molecular weight excluding hydrogens is 1610 g/mol. The molecule has 7 saturated heterocycles. The molecule has 6 N–H and O–H groups in total. The zero-order valence-electron chi connectivity index (χ0n) is 82.5. The van der Waals surface area contributed by atoms with Gasteiger partial charge in [-0.2, -0.15) is 0 Å². The summed E-state index contributed by atoms with van der Waals surface area (Å²) >= 11 is 0. The number of methoxy groups -OCH3 is 9. The van der Waals surface area contributed by atoms with Crippen molar-refractivity contribution in [3.8, 4) is 0 Å². The Balaban J connectivity index is -0.000000314. The number of aliphatic hydroxyl groups is 6. The van der Waals surface area contributed by atoms with Crippen LogP contribution in [0.25, 0.3) is 0 Å². The van der Waals surface area contributed by atoms with Crippen LogP contribution in [0.5, 0.6) is 0 Å². The Morgan fingerprint density at radius 3 is 1.15 bits per heavy atom. The fourth-order valence-corrected chi connectivity index (χ4v) is 13.7. The van der Waals surface area contributed by atoms with Crippen molar-refractivity contribution in [3.05, 3.63) is 12.2 Å². The van der Waals surface area contributed by atoms with Crippen LogP contribution in [0.3, 0.4) is 0 Å². The van der Waals surface area contributed by atoms with Crippen LogP contribution in [0.15, 0.2) is 12.2 Å². The summed E-state index contributed by atoms with van der Waals surface area (Å²) in [7, 11) is 29.5. The predicted octanol–water partition coefficient (Wildman–Crippen LogP) is 5.01. The van der Waals surface area contributed by atoms with E-state index in [9.17, 15) is 54.3 Å². The topological polar surface area (TPSA) is 370 Å². The minimum absolute atomic E-state index is 0. The summed E-state index contributed by atoms with van der Waals surface area (Å²) in [5, 5.41) is 54.7. The molecule has 8 aliphatic heterocycles. The van der Waals surface area contributed by atoms with Crippen LogP contribution in [0.2, 0.25) is 0 Å².